The van der Waals surface area contributed by atoms with E-state index in [1.54, 1.807) is 35.0 Å². The Bertz CT molecular complexity index is 257. The fraction of sp³-hybridized carbons (Fsp3) is 0.818. The lowest BCUT2D eigenvalue weighted by atomic mass is 9.99. The van der Waals surface area contributed by atoms with Crippen LogP contribution < -0.4 is 0 Å². The lowest BCUT2D eigenvalue weighted by Crippen LogP contribution is -2.55. The van der Waals surface area contributed by atoms with Gasteiger partial charge in [-0.15, -0.1) is 0 Å². The molecule has 0 radical (unpaired) electrons. The van der Waals surface area contributed by atoms with Crippen molar-refractivity contribution in [2.75, 3.05) is 21.1 Å². The van der Waals surface area contributed by atoms with Crippen LogP contribution in [0, 0.1) is 5.92 Å². The second-order valence-corrected chi connectivity index (χ2v) is 4.81. The highest BCUT2D eigenvalue weighted by molar-refractivity contribution is 5.90. The summed E-state index contributed by atoms with van der Waals surface area (Å²) in [7, 11) is 5.05. The maximum atomic E-state index is 11.9. The summed E-state index contributed by atoms with van der Waals surface area (Å²) in [5, 5.41) is 0. The van der Waals surface area contributed by atoms with Gasteiger partial charge in [0.2, 0.25) is 11.8 Å². The van der Waals surface area contributed by atoms with E-state index in [2.05, 4.69) is 0 Å². The van der Waals surface area contributed by atoms with E-state index in [4.69, 9.17) is 0 Å². The van der Waals surface area contributed by atoms with Crippen molar-refractivity contribution in [1.82, 2.24) is 9.80 Å². The molecular formula is C11H22N2O2. The molecule has 0 unspecified atom stereocenters. The van der Waals surface area contributed by atoms with Crippen LogP contribution in [-0.2, 0) is 9.59 Å². The Labute approximate surface area is 92.2 Å². The molecule has 2 amide bonds. The van der Waals surface area contributed by atoms with Crippen molar-refractivity contribution in [2.24, 2.45) is 5.92 Å². The fourth-order valence-electron chi connectivity index (χ4n) is 1.35. The van der Waals surface area contributed by atoms with Gasteiger partial charge in [0, 0.05) is 27.1 Å². The first-order chi connectivity index (χ1) is 6.62. The highest BCUT2D eigenvalue weighted by Crippen LogP contribution is 2.17. The van der Waals surface area contributed by atoms with Crippen LogP contribution in [0.3, 0.4) is 0 Å². The Balaban J connectivity index is 4.88. The molecule has 0 fully saturated rings. The molecule has 0 aliphatic heterocycles. The Hall–Kier alpha value is -1.06. The average Bonchev–Trinajstić information content (AvgIpc) is 2.13. The van der Waals surface area contributed by atoms with Crippen LogP contribution in [0.1, 0.15) is 27.7 Å². The zero-order valence-corrected chi connectivity index (χ0v) is 10.8. The number of nitrogens with zero attached hydrogens (tertiary/aromatic N) is 2. The van der Waals surface area contributed by atoms with Crippen LogP contribution in [0.4, 0.5) is 0 Å². The molecule has 0 rings (SSSR count). The van der Waals surface area contributed by atoms with Crippen LogP contribution >= 0.6 is 0 Å². The van der Waals surface area contributed by atoms with Gasteiger partial charge in [0.15, 0.2) is 0 Å². The van der Waals surface area contributed by atoms with E-state index in [0.717, 1.165) is 0 Å². The first-order valence-electron chi connectivity index (χ1n) is 5.11. The largest absolute Gasteiger partial charge is 0.347 e. The van der Waals surface area contributed by atoms with E-state index < -0.39 is 5.54 Å². The summed E-state index contributed by atoms with van der Waals surface area (Å²) in [6.45, 7) is 7.18. The molecule has 88 valence electrons. The molecule has 0 aromatic rings. The second-order valence-electron chi connectivity index (χ2n) is 4.81. The molecule has 0 aromatic carbocycles. The molecule has 4 heteroatoms. The zero-order chi connectivity index (χ0) is 12.4. The molecule has 0 saturated carbocycles. The molecule has 0 bridgehead atoms. The minimum atomic E-state index is -0.787. The maximum absolute atomic E-state index is 11.9. The highest BCUT2D eigenvalue weighted by Gasteiger charge is 2.36. The molecule has 0 aliphatic rings. The summed E-state index contributed by atoms with van der Waals surface area (Å²) >= 11 is 0. The number of amides is 2. The molecular weight excluding hydrogens is 192 g/mol. The third-order valence-electron chi connectivity index (χ3n) is 2.59. The summed E-state index contributed by atoms with van der Waals surface area (Å²) in [4.78, 5) is 26.7. The van der Waals surface area contributed by atoms with E-state index in [1.165, 1.54) is 9.80 Å². The normalized spacial score (nSPS) is 11.5. The van der Waals surface area contributed by atoms with Gasteiger partial charge in [-0.3, -0.25) is 9.59 Å². The van der Waals surface area contributed by atoms with Crippen molar-refractivity contribution in [2.45, 2.75) is 33.2 Å². The molecule has 15 heavy (non-hydrogen) atoms. The van der Waals surface area contributed by atoms with Gasteiger partial charge in [0.25, 0.3) is 0 Å². The molecule has 4 nitrogen and oxygen atoms in total. The number of hydrogen-bond acceptors (Lipinski definition) is 2. The SMILES string of the molecule is CC(C)C(=O)N(C)C(C)(C)C(=O)N(C)C. The van der Waals surface area contributed by atoms with Gasteiger partial charge in [0.05, 0.1) is 0 Å². The highest BCUT2D eigenvalue weighted by atomic mass is 16.2. The Kier molecular flexibility index (Phi) is 4.31. The van der Waals surface area contributed by atoms with Crippen molar-refractivity contribution in [1.29, 1.82) is 0 Å². The van der Waals surface area contributed by atoms with E-state index >= 15 is 0 Å². The summed E-state index contributed by atoms with van der Waals surface area (Å²) in [5.74, 6) is -0.182. The third kappa shape index (κ3) is 2.94. The Morgan fingerprint density at radius 1 is 1.07 bits per heavy atom. The van der Waals surface area contributed by atoms with Gasteiger partial charge in [-0.2, -0.15) is 0 Å². The Morgan fingerprint density at radius 2 is 1.47 bits per heavy atom. The van der Waals surface area contributed by atoms with E-state index in [0.29, 0.717) is 0 Å². The minimum absolute atomic E-state index is 0.0183. The summed E-state index contributed by atoms with van der Waals surface area (Å²) in [6.07, 6.45) is 0. The van der Waals surface area contributed by atoms with Crippen molar-refractivity contribution in [3.63, 3.8) is 0 Å². The fourth-order valence-corrected chi connectivity index (χ4v) is 1.35. The van der Waals surface area contributed by atoms with Crippen LogP contribution in [-0.4, -0.2) is 48.3 Å². The van der Waals surface area contributed by atoms with E-state index in [-0.39, 0.29) is 17.7 Å². The van der Waals surface area contributed by atoms with Gasteiger partial charge >= 0.3 is 0 Å². The zero-order valence-electron chi connectivity index (χ0n) is 10.8. The molecule has 0 atom stereocenters. The van der Waals surface area contributed by atoms with Crippen LogP contribution in [0.25, 0.3) is 0 Å². The van der Waals surface area contributed by atoms with Gasteiger partial charge in [-0.25, -0.2) is 0 Å². The van der Waals surface area contributed by atoms with Crippen molar-refractivity contribution in [3.05, 3.63) is 0 Å². The van der Waals surface area contributed by atoms with Crippen molar-refractivity contribution >= 4 is 11.8 Å². The number of rotatable bonds is 3. The quantitative estimate of drug-likeness (QED) is 0.702. The van der Waals surface area contributed by atoms with Crippen molar-refractivity contribution in [3.8, 4) is 0 Å². The molecule has 0 aromatic heterocycles. The average molecular weight is 214 g/mol. The number of carbonyl (C=O) groups excluding carboxylic acids is 2. The second kappa shape index (κ2) is 4.64. The smallest absolute Gasteiger partial charge is 0.247 e. The molecule has 0 aliphatic carbocycles. The summed E-state index contributed by atoms with van der Waals surface area (Å²) in [5.41, 5.74) is -0.787. The summed E-state index contributed by atoms with van der Waals surface area (Å²) in [6, 6.07) is 0. The summed E-state index contributed by atoms with van der Waals surface area (Å²) < 4.78 is 0. The van der Waals surface area contributed by atoms with Gasteiger partial charge in [0.1, 0.15) is 5.54 Å². The predicted molar refractivity (Wildman–Crippen MR) is 60.4 cm³/mol. The number of likely N-dealkylation sites (N-methyl/N-ethyl adjacent to an activating group) is 2. The van der Waals surface area contributed by atoms with Crippen LogP contribution in [0.5, 0.6) is 0 Å². The van der Waals surface area contributed by atoms with Crippen molar-refractivity contribution < 1.29 is 9.59 Å². The van der Waals surface area contributed by atoms with E-state index in [1.807, 2.05) is 13.8 Å². The molecule has 0 N–H and O–H groups in total. The first kappa shape index (κ1) is 13.9. The van der Waals surface area contributed by atoms with Gasteiger partial charge in [-0.05, 0) is 13.8 Å². The number of hydrogen-bond donors (Lipinski definition) is 0. The predicted octanol–water partition coefficient (Wildman–Crippen LogP) is 0.968. The Morgan fingerprint density at radius 3 is 1.73 bits per heavy atom. The standard InChI is InChI=1S/C11H22N2O2/c1-8(2)9(14)13(7)11(3,4)10(15)12(5)6/h8H,1-7H3. The minimum Gasteiger partial charge on any atom is -0.347 e. The maximum Gasteiger partial charge on any atom is 0.247 e. The molecule has 0 saturated heterocycles. The molecule has 0 spiro atoms. The topological polar surface area (TPSA) is 40.6 Å². The van der Waals surface area contributed by atoms with E-state index in [9.17, 15) is 9.59 Å². The van der Waals surface area contributed by atoms with Crippen LogP contribution in [0.15, 0.2) is 0 Å². The lowest BCUT2D eigenvalue weighted by molar-refractivity contribution is -0.150. The monoisotopic (exact) mass is 214 g/mol. The first-order valence-corrected chi connectivity index (χ1v) is 5.11. The van der Waals surface area contributed by atoms with Gasteiger partial charge < -0.3 is 9.80 Å². The lowest BCUT2D eigenvalue weighted by Gasteiger charge is -2.37. The van der Waals surface area contributed by atoms with Gasteiger partial charge in [-0.1, -0.05) is 13.8 Å². The number of carbonyl (C=O) groups is 2. The van der Waals surface area contributed by atoms with Crippen LogP contribution in [0.2, 0.25) is 0 Å². The molecule has 0 heterocycles. The third-order valence-corrected chi connectivity index (χ3v) is 2.59.